The molecule has 0 aliphatic carbocycles. The van der Waals surface area contributed by atoms with E-state index in [1.54, 1.807) is 0 Å². The molecule has 0 spiro atoms. The van der Waals surface area contributed by atoms with E-state index in [9.17, 15) is 4.39 Å². The summed E-state index contributed by atoms with van der Waals surface area (Å²) < 4.78 is 14.9. The van der Waals surface area contributed by atoms with E-state index in [4.69, 9.17) is 0 Å². The maximum Gasteiger partial charge on any atom is 0.123 e. The quantitative estimate of drug-likeness (QED) is 0.856. The fraction of sp³-hybridized carbons (Fsp3) is 0.308. The Hall–Kier alpha value is -1.68. The van der Waals surface area contributed by atoms with Gasteiger partial charge in [-0.2, -0.15) is 0 Å². The summed E-state index contributed by atoms with van der Waals surface area (Å²) in [6.45, 7) is 1.67. The lowest BCUT2D eigenvalue weighted by Crippen LogP contribution is -2.11. The van der Waals surface area contributed by atoms with Gasteiger partial charge in [-0.1, -0.05) is 12.1 Å². The number of rotatable bonds is 5. The summed E-state index contributed by atoms with van der Waals surface area (Å²) in [6, 6.07) is 6.64. The SMILES string of the molecule is CNCc1cncn1CCc1ccc(F)cc1. The van der Waals surface area contributed by atoms with Crippen molar-refractivity contribution in [2.24, 2.45) is 0 Å². The van der Waals surface area contributed by atoms with E-state index in [-0.39, 0.29) is 5.82 Å². The monoisotopic (exact) mass is 233 g/mol. The number of benzene rings is 1. The van der Waals surface area contributed by atoms with Gasteiger partial charge in [-0.25, -0.2) is 9.37 Å². The maximum atomic E-state index is 12.7. The number of nitrogens with zero attached hydrogens (tertiary/aromatic N) is 2. The van der Waals surface area contributed by atoms with Crippen LogP contribution in [0, 0.1) is 5.82 Å². The van der Waals surface area contributed by atoms with Crippen LogP contribution in [0.4, 0.5) is 4.39 Å². The first-order valence-corrected chi connectivity index (χ1v) is 5.67. The molecule has 1 N–H and O–H groups in total. The molecule has 4 heteroatoms. The molecule has 0 unspecified atom stereocenters. The highest BCUT2D eigenvalue weighted by Gasteiger charge is 2.01. The van der Waals surface area contributed by atoms with Gasteiger partial charge in [-0.15, -0.1) is 0 Å². The minimum Gasteiger partial charge on any atom is -0.333 e. The van der Waals surface area contributed by atoms with Gasteiger partial charge >= 0.3 is 0 Å². The molecule has 0 saturated heterocycles. The fourth-order valence-corrected chi connectivity index (χ4v) is 1.78. The number of nitrogens with one attached hydrogen (secondary N) is 1. The van der Waals surface area contributed by atoms with Crippen LogP contribution in [0.15, 0.2) is 36.8 Å². The van der Waals surface area contributed by atoms with E-state index in [2.05, 4.69) is 14.9 Å². The Kier molecular flexibility index (Phi) is 3.88. The highest BCUT2D eigenvalue weighted by molar-refractivity contribution is 5.16. The average Bonchev–Trinajstić information content (AvgIpc) is 2.77. The molecule has 0 aliphatic heterocycles. The van der Waals surface area contributed by atoms with Crippen molar-refractivity contribution >= 4 is 0 Å². The van der Waals surface area contributed by atoms with Crippen LogP contribution < -0.4 is 5.32 Å². The van der Waals surface area contributed by atoms with Crippen molar-refractivity contribution in [1.29, 1.82) is 0 Å². The summed E-state index contributed by atoms with van der Waals surface area (Å²) in [6.07, 6.45) is 4.57. The summed E-state index contributed by atoms with van der Waals surface area (Å²) in [5, 5.41) is 3.11. The molecule has 1 aromatic heterocycles. The molecular formula is C13H16FN3. The smallest absolute Gasteiger partial charge is 0.123 e. The van der Waals surface area contributed by atoms with Gasteiger partial charge in [-0.05, 0) is 31.2 Å². The Labute approximate surface area is 100 Å². The third-order valence-electron chi connectivity index (χ3n) is 2.71. The highest BCUT2D eigenvalue weighted by atomic mass is 19.1. The topological polar surface area (TPSA) is 29.9 Å². The molecule has 0 amide bonds. The first-order chi connectivity index (χ1) is 8.29. The molecule has 0 bridgehead atoms. The third kappa shape index (κ3) is 3.14. The molecule has 0 radical (unpaired) electrons. The van der Waals surface area contributed by atoms with Gasteiger partial charge in [0, 0.05) is 19.3 Å². The van der Waals surface area contributed by atoms with Crippen LogP contribution in [0.5, 0.6) is 0 Å². The lowest BCUT2D eigenvalue weighted by molar-refractivity contribution is 0.621. The first-order valence-electron chi connectivity index (χ1n) is 5.67. The second kappa shape index (κ2) is 5.59. The van der Waals surface area contributed by atoms with Crippen molar-refractivity contribution in [3.8, 4) is 0 Å². The molecule has 2 aromatic rings. The fourth-order valence-electron chi connectivity index (χ4n) is 1.78. The van der Waals surface area contributed by atoms with Crippen LogP contribution in [0.3, 0.4) is 0 Å². The van der Waals surface area contributed by atoms with Gasteiger partial charge in [0.15, 0.2) is 0 Å². The maximum absolute atomic E-state index is 12.7. The van der Waals surface area contributed by atoms with Crippen molar-refractivity contribution in [2.75, 3.05) is 7.05 Å². The van der Waals surface area contributed by atoms with E-state index in [0.717, 1.165) is 30.8 Å². The zero-order chi connectivity index (χ0) is 12.1. The van der Waals surface area contributed by atoms with Gasteiger partial charge in [-0.3, -0.25) is 0 Å². The predicted octanol–water partition coefficient (Wildman–Crippen LogP) is 1.98. The lowest BCUT2D eigenvalue weighted by atomic mass is 10.1. The molecule has 0 fully saturated rings. The van der Waals surface area contributed by atoms with Gasteiger partial charge in [0.1, 0.15) is 5.82 Å². The molecular weight excluding hydrogens is 217 g/mol. The van der Waals surface area contributed by atoms with Gasteiger partial charge in [0.2, 0.25) is 0 Å². The minimum absolute atomic E-state index is 0.188. The number of aryl methyl sites for hydroxylation is 2. The van der Waals surface area contributed by atoms with Crippen LogP contribution >= 0.6 is 0 Å². The zero-order valence-electron chi connectivity index (χ0n) is 9.86. The van der Waals surface area contributed by atoms with E-state index in [1.165, 1.54) is 12.1 Å². The largest absolute Gasteiger partial charge is 0.333 e. The molecule has 0 atom stereocenters. The number of aromatic nitrogens is 2. The van der Waals surface area contributed by atoms with Crippen LogP contribution in [0.2, 0.25) is 0 Å². The molecule has 90 valence electrons. The predicted molar refractivity (Wildman–Crippen MR) is 65.1 cm³/mol. The molecule has 1 aromatic carbocycles. The lowest BCUT2D eigenvalue weighted by Gasteiger charge is -2.07. The zero-order valence-corrected chi connectivity index (χ0v) is 9.86. The van der Waals surface area contributed by atoms with Crippen LogP contribution in [-0.4, -0.2) is 16.6 Å². The van der Waals surface area contributed by atoms with E-state index < -0.39 is 0 Å². The van der Waals surface area contributed by atoms with Crippen molar-refractivity contribution in [3.63, 3.8) is 0 Å². The average molecular weight is 233 g/mol. The Morgan fingerprint density at radius 2 is 2.06 bits per heavy atom. The molecule has 3 nitrogen and oxygen atoms in total. The molecule has 0 aliphatic rings. The summed E-state index contributed by atoms with van der Waals surface area (Å²) in [5.41, 5.74) is 2.30. The van der Waals surface area contributed by atoms with Crippen LogP contribution in [0.1, 0.15) is 11.3 Å². The molecule has 2 rings (SSSR count). The standard InChI is InChI=1S/C13H16FN3/c1-15-8-13-9-16-10-17(13)7-6-11-2-4-12(14)5-3-11/h2-5,9-10,15H,6-8H2,1H3. The number of halogens is 1. The molecule has 0 saturated carbocycles. The second-order valence-corrected chi connectivity index (χ2v) is 3.99. The van der Waals surface area contributed by atoms with Crippen LogP contribution in [0.25, 0.3) is 0 Å². The number of imidazole rings is 1. The van der Waals surface area contributed by atoms with E-state index in [0.29, 0.717) is 0 Å². The van der Waals surface area contributed by atoms with Crippen molar-refractivity contribution < 1.29 is 4.39 Å². The molecule has 17 heavy (non-hydrogen) atoms. The van der Waals surface area contributed by atoms with E-state index in [1.807, 2.05) is 31.7 Å². The Balaban J connectivity index is 1.97. The number of hydrogen-bond acceptors (Lipinski definition) is 2. The second-order valence-electron chi connectivity index (χ2n) is 3.99. The Bertz CT molecular complexity index is 462. The summed E-state index contributed by atoms with van der Waals surface area (Å²) in [5.74, 6) is -0.188. The summed E-state index contributed by atoms with van der Waals surface area (Å²) in [7, 11) is 1.91. The third-order valence-corrected chi connectivity index (χ3v) is 2.71. The first kappa shape index (κ1) is 11.8. The van der Waals surface area contributed by atoms with Crippen LogP contribution in [-0.2, 0) is 19.5 Å². The van der Waals surface area contributed by atoms with E-state index >= 15 is 0 Å². The number of hydrogen-bond donors (Lipinski definition) is 1. The van der Waals surface area contributed by atoms with Gasteiger partial charge < -0.3 is 9.88 Å². The summed E-state index contributed by atoms with van der Waals surface area (Å²) in [4.78, 5) is 4.13. The highest BCUT2D eigenvalue weighted by Crippen LogP contribution is 2.06. The van der Waals surface area contributed by atoms with Crippen molar-refractivity contribution in [2.45, 2.75) is 19.5 Å². The van der Waals surface area contributed by atoms with Crippen molar-refractivity contribution in [3.05, 3.63) is 53.9 Å². The minimum atomic E-state index is -0.188. The van der Waals surface area contributed by atoms with Gasteiger partial charge in [0.05, 0.1) is 12.0 Å². The molecule has 1 heterocycles. The Morgan fingerprint density at radius 3 is 2.76 bits per heavy atom. The van der Waals surface area contributed by atoms with Crippen molar-refractivity contribution in [1.82, 2.24) is 14.9 Å². The normalized spacial score (nSPS) is 10.7. The van der Waals surface area contributed by atoms with Gasteiger partial charge in [0.25, 0.3) is 0 Å². The Morgan fingerprint density at radius 1 is 1.29 bits per heavy atom. The summed E-state index contributed by atoms with van der Waals surface area (Å²) >= 11 is 0.